The van der Waals surface area contributed by atoms with Crippen LogP contribution >= 0.6 is 0 Å². The number of ether oxygens (including phenoxy) is 2. The SMILES string of the molecule is COc1cccc(C[C@H]2CC[C@@H]3CN(CC(=O)Nc4cc(OC)ccc4NC(C)=O)C[C@H]23)c1. The van der Waals surface area contributed by atoms with Crippen molar-refractivity contribution in [1.82, 2.24) is 4.90 Å². The smallest absolute Gasteiger partial charge is 0.238 e. The molecule has 1 saturated carbocycles. The third-order valence-corrected chi connectivity index (χ3v) is 6.89. The Bertz CT molecular complexity index is 1010. The van der Waals surface area contributed by atoms with E-state index in [0.29, 0.717) is 41.4 Å². The summed E-state index contributed by atoms with van der Waals surface area (Å²) in [5, 5.41) is 5.72. The van der Waals surface area contributed by atoms with Gasteiger partial charge in [0.2, 0.25) is 11.8 Å². The zero-order valence-electron chi connectivity index (χ0n) is 19.6. The monoisotopic (exact) mass is 451 g/mol. The van der Waals surface area contributed by atoms with Gasteiger partial charge in [-0.15, -0.1) is 0 Å². The van der Waals surface area contributed by atoms with Crippen LogP contribution < -0.4 is 20.1 Å². The number of amides is 2. The second-order valence-corrected chi connectivity index (χ2v) is 9.15. The number of nitrogens with one attached hydrogen (secondary N) is 2. The molecule has 0 bridgehead atoms. The van der Waals surface area contributed by atoms with Crippen molar-refractivity contribution in [3.63, 3.8) is 0 Å². The number of nitrogens with zero attached hydrogens (tertiary/aromatic N) is 1. The van der Waals surface area contributed by atoms with Crippen molar-refractivity contribution in [3.8, 4) is 11.5 Å². The van der Waals surface area contributed by atoms with Crippen LogP contribution in [-0.4, -0.2) is 50.6 Å². The molecule has 0 aromatic heterocycles. The molecular formula is C26H33N3O4. The van der Waals surface area contributed by atoms with Gasteiger partial charge in [0.25, 0.3) is 0 Å². The summed E-state index contributed by atoms with van der Waals surface area (Å²) < 4.78 is 10.6. The summed E-state index contributed by atoms with van der Waals surface area (Å²) in [6.07, 6.45) is 3.53. The summed E-state index contributed by atoms with van der Waals surface area (Å²) in [5.41, 5.74) is 2.43. The number of likely N-dealkylation sites (tertiary alicyclic amines) is 1. The Morgan fingerprint density at radius 3 is 2.52 bits per heavy atom. The zero-order chi connectivity index (χ0) is 23.4. The minimum atomic E-state index is -0.190. The number of carbonyl (C=O) groups excluding carboxylic acids is 2. The lowest BCUT2D eigenvalue weighted by Crippen LogP contribution is -2.33. The molecule has 1 saturated heterocycles. The molecule has 2 aromatic rings. The molecule has 1 aliphatic carbocycles. The topological polar surface area (TPSA) is 79.9 Å². The van der Waals surface area contributed by atoms with Crippen LogP contribution in [0, 0.1) is 17.8 Å². The van der Waals surface area contributed by atoms with Crippen molar-refractivity contribution in [2.75, 3.05) is 44.5 Å². The number of methoxy groups -OCH3 is 2. The Hall–Kier alpha value is -3.06. The molecule has 3 atom stereocenters. The van der Waals surface area contributed by atoms with Crippen molar-refractivity contribution in [2.24, 2.45) is 17.8 Å². The summed E-state index contributed by atoms with van der Waals surface area (Å²) in [7, 11) is 3.28. The average molecular weight is 452 g/mol. The molecule has 4 rings (SSSR count). The van der Waals surface area contributed by atoms with Crippen molar-refractivity contribution < 1.29 is 19.1 Å². The van der Waals surface area contributed by atoms with Crippen LogP contribution in [0.5, 0.6) is 11.5 Å². The quantitative estimate of drug-likeness (QED) is 0.638. The van der Waals surface area contributed by atoms with Gasteiger partial charge < -0.3 is 20.1 Å². The molecule has 2 N–H and O–H groups in total. The molecule has 1 heterocycles. The standard InChI is InChI=1S/C26H33N3O4/c1-17(30)27-24-10-9-22(33-3)13-25(24)28-26(31)16-29-14-20-8-7-19(23(20)15-29)11-18-5-4-6-21(12-18)32-2/h4-6,9-10,12-13,19-20,23H,7-8,11,14-16H2,1-3H3,(H,27,30)(H,28,31)/t19-,20-,23-/m1/s1. The lowest BCUT2D eigenvalue weighted by Gasteiger charge is -2.21. The largest absolute Gasteiger partial charge is 0.497 e. The van der Waals surface area contributed by atoms with E-state index in [9.17, 15) is 9.59 Å². The molecule has 0 spiro atoms. The fraction of sp³-hybridized carbons (Fsp3) is 0.462. The highest BCUT2D eigenvalue weighted by Crippen LogP contribution is 2.43. The second kappa shape index (κ2) is 10.3. The molecule has 7 heteroatoms. The van der Waals surface area contributed by atoms with Crippen molar-refractivity contribution in [1.29, 1.82) is 0 Å². The lowest BCUT2D eigenvalue weighted by molar-refractivity contribution is -0.117. The molecule has 176 valence electrons. The molecule has 7 nitrogen and oxygen atoms in total. The van der Waals surface area contributed by atoms with E-state index in [1.165, 1.54) is 25.3 Å². The van der Waals surface area contributed by atoms with Crippen molar-refractivity contribution >= 4 is 23.2 Å². The zero-order valence-corrected chi connectivity index (χ0v) is 19.6. The van der Waals surface area contributed by atoms with Crippen LogP contribution in [0.25, 0.3) is 0 Å². The molecule has 2 aromatic carbocycles. The van der Waals surface area contributed by atoms with E-state index < -0.39 is 0 Å². The van der Waals surface area contributed by atoms with Gasteiger partial charge in [0.05, 0.1) is 32.1 Å². The maximum absolute atomic E-state index is 12.8. The lowest BCUT2D eigenvalue weighted by atomic mass is 9.87. The van der Waals surface area contributed by atoms with Crippen LogP contribution in [0.4, 0.5) is 11.4 Å². The Balaban J connectivity index is 1.35. The molecule has 2 fully saturated rings. The van der Waals surface area contributed by atoms with Gasteiger partial charge in [-0.3, -0.25) is 14.5 Å². The third-order valence-electron chi connectivity index (χ3n) is 6.89. The highest BCUT2D eigenvalue weighted by molar-refractivity contribution is 5.99. The Morgan fingerprint density at radius 1 is 0.970 bits per heavy atom. The number of anilines is 2. The first kappa shape index (κ1) is 23.1. The normalized spacial score (nSPS) is 22.0. The molecule has 0 unspecified atom stereocenters. The fourth-order valence-electron chi connectivity index (χ4n) is 5.40. The van der Waals surface area contributed by atoms with Crippen molar-refractivity contribution in [2.45, 2.75) is 26.2 Å². The molecule has 2 amide bonds. The number of fused-ring (bicyclic) bond motifs is 1. The fourth-order valence-corrected chi connectivity index (χ4v) is 5.40. The third kappa shape index (κ3) is 5.66. The van der Waals surface area contributed by atoms with E-state index in [4.69, 9.17) is 9.47 Å². The van der Waals surface area contributed by atoms with E-state index in [1.54, 1.807) is 32.4 Å². The highest BCUT2D eigenvalue weighted by atomic mass is 16.5. The van der Waals surface area contributed by atoms with Gasteiger partial charge in [0, 0.05) is 26.1 Å². The number of hydrogen-bond acceptors (Lipinski definition) is 5. The summed E-state index contributed by atoms with van der Waals surface area (Å²) in [6, 6.07) is 13.6. The van der Waals surface area contributed by atoms with E-state index >= 15 is 0 Å². The first-order chi connectivity index (χ1) is 15.9. The first-order valence-electron chi connectivity index (χ1n) is 11.6. The Morgan fingerprint density at radius 2 is 1.76 bits per heavy atom. The van der Waals surface area contributed by atoms with Gasteiger partial charge in [0.1, 0.15) is 11.5 Å². The molecule has 2 aliphatic rings. The molecule has 1 aliphatic heterocycles. The van der Waals surface area contributed by atoms with Crippen LogP contribution in [0.2, 0.25) is 0 Å². The van der Waals surface area contributed by atoms with Gasteiger partial charge in [-0.1, -0.05) is 12.1 Å². The van der Waals surface area contributed by atoms with Crippen LogP contribution in [0.1, 0.15) is 25.3 Å². The average Bonchev–Trinajstić information content (AvgIpc) is 3.35. The van der Waals surface area contributed by atoms with Crippen LogP contribution in [-0.2, 0) is 16.0 Å². The predicted molar refractivity (Wildman–Crippen MR) is 129 cm³/mol. The second-order valence-electron chi connectivity index (χ2n) is 9.15. The Kier molecular flexibility index (Phi) is 7.18. The summed E-state index contributed by atoms with van der Waals surface area (Å²) in [5.74, 6) is 3.17. The minimum absolute atomic E-state index is 0.0841. The number of carbonyl (C=O) groups is 2. The first-order valence-corrected chi connectivity index (χ1v) is 11.6. The Labute approximate surface area is 195 Å². The summed E-state index contributed by atoms with van der Waals surface area (Å²) >= 11 is 0. The van der Waals surface area contributed by atoms with E-state index in [2.05, 4.69) is 33.7 Å². The summed E-state index contributed by atoms with van der Waals surface area (Å²) in [6.45, 7) is 3.70. The molecular weight excluding hydrogens is 418 g/mol. The van der Waals surface area contributed by atoms with Gasteiger partial charge in [-0.05, 0) is 66.8 Å². The van der Waals surface area contributed by atoms with E-state index in [-0.39, 0.29) is 11.8 Å². The predicted octanol–water partition coefficient (Wildman–Crippen LogP) is 3.80. The van der Waals surface area contributed by atoms with Gasteiger partial charge in [0.15, 0.2) is 0 Å². The maximum atomic E-state index is 12.8. The van der Waals surface area contributed by atoms with Crippen LogP contribution in [0.3, 0.4) is 0 Å². The minimum Gasteiger partial charge on any atom is -0.497 e. The van der Waals surface area contributed by atoms with E-state index in [0.717, 1.165) is 25.3 Å². The number of rotatable bonds is 8. The van der Waals surface area contributed by atoms with Gasteiger partial charge in [-0.25, -0.2) is 0 Å². The highest BCUT2D eigenvalue weighted by Gasteiger charge is 2.42. The van der Waals surface area contributed by atoms with Crippen molar-refractivity contribution in [3.05, 3.63) is 48.0 Å². The van der Waals surface area contributed by atoms with E-state index in [1.807, 2.05) is 6.07 Å². The number of hydrogen-bond donors (Lipinski definition) is 2. The molecule has 33 heavy (non-hydrogen) atoms. The van der Waals surface area contributed by atoms with Gasteiger partial charge >= 0.3 is 0 Å². The summed E-state index contributed by atoms with van der Waals surface area (Å²) in [4.78, 5) is 26.6. The van der Waals surface area contributed by atoms with Crippen LogP contribution in [0.15, 0.2) is 42.5 Å². The maximum Gasteiger partial charge on any atom is 0.238 e. The molecule has 0 radical (unpaired) electrons. The van der Waals surface area contributed by atoms with Gasteiger partial charge in [-0.2, -0.15) is 0 Å². The number of benzene rings is 2.